The highest BCUT2D eigenvalue weighted by molar-refractivity contribution is 8.01. The second-order valence-corrected chi connectivity index (χ2v) is 10.7. The molecule has 0 bridgehead atoms. The van der Waals surface area contributed by atoms with Crippen molar-refractivity contribution in [3.8, 4) is 0 Å². The highest BCUT2D eigenvalue weighted by Gasteiger charge is 2.29. The summed E-state index contributed by atoms with van der Waals surface area (Å²) in [6.07, 6.45) is 1.09. The summed E-state index contributed by atoms with van der Waals surface area (Å²) in [6, 6.07) is 6.10. The third-order valence-corrected chi connectivity index (χ3v) is 7.16. The fraction of sp³-hybridized carbons (Fsp3) is 0.471. The van der Waals surface area contributed by atoms with E-state index < -0.39 is 22.0 Å². The summed E-state index contributed by atoms with van der Waals surface area (Å²) in [5.74, 6) is 0.974. The molecule has 2 aromatic rings. The van der Waals surface area contributed by atoms with E-state index in [0.717, 1.165) is 26.2 Å². The highest BCUT2D eigenvalue weighted by Crippen LogP contribution is 2.28. The number of nitrogens with one attached hydrogen (secondary N) is 1. The molecule has 1 amide bonds. The Morgan fingerprint density at radius 3 is 2.59 bits per heavy atom. The maximum absolute atomic E-state index is 12.6. The summed E-state index contributed by atoms with van der Waals surface area (Å²) in [6.45, 7) is 7.65. The van der Waals surface area contributed by atoms with Crippen molar-refractivity contribution in [3.05, 3.63) is 29.8 Å². The van der Waals surface area contributed by atoms with E-state index in [2.05, 4.69) is 29.4 Å². The number of carbonyl (C=O) groups excluding carboxylic acids is 1. The molecule has 0 radical (unpaired) electrons. The first-order valence-corrected chi connectivity index (χ1v) is 12.1. The van der Waals surface area contributed by atoms with Gasteiger partial charge in [0.2, 0.25) is 21.1 Å². The number of aromatic nitrogens is 2. The van der Waals surface area contributed by atoms with Gasteiger partial charge in [-0.25, -0.2) is 8.42 Å². The SMILES string of the molecule is Cc1cccc(N([C@@H](C)C(=O)Nc2nnc(SCC(C)C)s2)S(C)(=O)=O)c1. The first-order valence-electron chi connectivity index (χ1n) is 8.41. The molecule has 0 aliphatic rings. The van der Waals surface area contributed by atoms with Crippen LogP contribution in [0, 0.1) is 12.8 Å². The van der Waals surface area contributed by atoms with Crippen LogP contribution in [0.4, 0.5) is 10.8 Å². The van der Waals surface area contributed by atoms with Crippen molar-refractivity contribution in [1.82, 2.24) is 10.2 Å². The summed E-state index contributed by atoms with van der Waals surface area (Å²) in [7, 11) is -3.65. The van der Waals surface area contributed by atoms with E-state index in [0.29, 0.717) is 16.7 Å². The number of amides is 1. The molecule has 0 unspecified atom stereocenters. The van der Waals surface area contributed by atoms with Crippen LogP contribution >= 0.6 is 23.1 Å². The molecule has 1 aromatic carbocycles. The van der Waals surface area contributed by atoms with Crippen molar-refractivity contribution in [2.45, 2.75) is 38.1 Å². The monoisotopic (exact) mass is 428 g/mol. The summed E-state index contributed by atoms with van der Waals surface area (Å²) < 4.78 is 26.5. The molecule has 0 fully saturated rings. The fourth-order valence-electron chi connectivity index (χ4n) is 2.34. The van der Waals surface area contributed by atoms with Gasteiger partial charge in [0, 0.05) is 5.75 Å². The Bertz CT molecular complexity index is 896. The van der Waals surface area contributed by atoms with Gasteiger partial charge >= 0.3 is 0 Å². The Morgan fingerprint density at radius 1 is 1.30 bits per heavy atom. The Balaban J connectivity index is 2.16. The summed E-state index contributed by atoms with van der Waals surface area (Å²) in [5.41, 5.74) is 1.36. The fourth-order valence-corrected chi connectivity index (χ4v) is 5.24. The average molecular weight is 429 g/mol. The van der Waals surface area contributed by atoms with Gasteiger partial charge in [0.05, 0.1) is 11.9 Å². The lowest BCUT2D eigenvalue weighted by atomic mass is 10.2. The molecular formula is C17H24N4O3S3. The second-order valence-electron chi connectivity index (χ2n) is 6.64. The second kappa shape index (κ2) is 9.03. The minimum Gasteiger partial charge on any atom is -0.299 e. The van der Waals surface area contributed by atoms with E-state index in [9.17, 15) is 13.2 Å². The first kappa shape index (κ1) is 21.6. The average Bonchev–Trinajstić information content (AvgIpc) is 2.99. The molecule has 0 saturated carbocycles. The molecule has 1 N–H and O–H groups in total. The van der Waals surface area contributed by atoms with Gasteiger partial charge in [0.15, 0.2) is 4.34 Å². The number of hydrogen-bond acceptors (Lipinski definition) is 7. The predicted octanol–water partition coefficient (Wildman–Crippen LogP) is 3.39. The Morgan fingerprint density at radius 2 is 2.00 bits per heavy atom. The topological polar surface area (TPSA) is 92.3 Å². The van der Waals surface area contributed by atoms with Gasteiger partial charge in [-0.15, -0.1) is 10.2 Å². The molecule has 0 aliphatic carbocycles. The number of rotatable bonds is 8. The highest BCUT2D eigenvalue weighted by atomic mass is 32.2. The smallest absolute Gasteiger partial charge is 0.249 e. The predicted molar refractivity (Wildman–Crippen MR) is 112 cm³/mol. The number of thioether (sulfide) groups is 1. The molecule has 7 nitrogen and oxygen atoms in total. The number of aryl methyl sites for hydroxylation is 1. The van der Waals surface area contributed by atoms with Gasteiger partial charge in [0.25, 0.3) is 0 Å². The Hall–Kier alpha value is -1.65. The van der Waals surface area contributed by atoms with E-state index in [1.54, 1.807) is 36.9 Å². The number of nitrogens with zero attached hydrogens (tertiary/aromatic N) is 3. The van der Waals surface area contributed by atoms with Crippen LogP contribution in [0.1, 0.15) is 26.3 Å². The molecular weight excluding hydrogens is 404 g/mol. The van der Waals surface area contributed by atoms with Crippen LogP contribution in [0.25, 0.3) is 0 Å². The number of benzene rings is 1. The van der Waals surface area contributed by atoms with Crippen LogP contribution in [0.15, 0.2) is 28.6 Å². The molecule has 1 atom stereocenters. The molecule has 148 valence electrons. The number of hydrogen-bond donors (Lipinski definition) is 1. The lowest BCUT2D eigenvalue weighted by molar-refractivity contribution is -0.116. The lowest BCUT2D eigenvalue weighted by Crippen LogP contribution is -2.45. The van der Waals surface area contributed by atoms with Crippen molar-refractivity contribution >= 4 is 49.8 Å². The van der Waals surface area contributed by atoms with Crippen LogP contribution < -0.4 is 9.62 Å². The zero-order valence-electron chi connectivity index (χ0n) is 16.0. The number of carbonyl (C=O) groups is 1. The van der Waals surface area contributed by atoms with Gasteiger partial charge < -0.3 is 0 Å². The third kappa shape index (κ3) is 6.18. The summed E-state index contributed by atoms with van der Waals surface area (Å²) >= 11 is 2.86. The zero-order valence-corrected chi connectivity index (χ0v) is 18.4. The molecule has 0 saturated heterocycles. The van der Waals surface area contributed by atoms with E-state index in [4.69, 9.17) is 0 Å². The number of sulfonamides is 1. The molecule has 10 heteroatoms. The van der Waals surface area contributed by atoms with E-state index in [1.807, 2.05) is 13.0 Å². The third-order valence-electron chi connectivity index (χ3n) is 3.52. The minimum atomic E-state index is -3.65. The van der Waals surface area contributed by atoms with Crippen LogP contribution in [-0.4, -0.2) is 42.6 Å². The number of anilines is 2. The normalized spacial score (nSPS) is 12.8. The Kier molecular flexibility index (Phi) is 7.24. The van der Waals surface area contributed by atoms with E-state index >= 15 is 0 Å². The van der Waals surface area contributed by atoms with Crippen LogP contribution in [-0.2, 0) is 14.8 Å². The van der Waals surface area contributed by atoms with Crippen LogP contribution in [0.3, 0.4) is 0 Å². The first-order chi connectivity index (χ1) is 12.6. The molecule has 0 aliphatic heterocycles. The zero-order chi connectivity index (χ0) is 20.2. The minimum absolute atomic E-state index is 0.357. The molecule has 1 aromatic heterocycles. The Labute approximate surface area is 168 Å². The maximum Gasteiger partial charge on any atom is 0.249 e. The van der Waals surface area contributed by atoms with Gasteiger partial charge in [0.1, 0.15) is 6.04 Å². The van der Waals surface area contributed by atoms with Crippen molar-refractivity contribution in [2.24, 2.45) is 5.92 Å². The van der Waals surface area contributed by atoms with Crippen LogP contribution in [0.2, 0.25) is 0 Å². The van der Waals surface area contributed by atoms with Crippen molar-refractivity contribution in [3.63, 3.8) is 0 Å². The van der Waals surface area contributed by atoms with Gasteiger partial charge in [-0.1, -0.05) is 49.1 Å². The summed E-state index contributed by atoms with van der Waals surface area (Å²) in [5, 5.41) is 11.1. The molecule has 2 rings (SSSR count). The molecule has 27 heavy (non-hydrogen) atoms. The van der Waals surface area contributed by atoms with Gasteiger partial charge in [-0.3, -0.25) is 14.4 Å². The van der Waals surface area contributed by atoms with Crippen LogP contribution in [0.5, 0.6) is 0 Å². The van der Waals surface area contributed by atoms with Crippen molar-refractivity contribution in [1.29, 1.82) is 0 Å². The van der Waals surface area contributed by atoms with E-state index in [-0.39, 0.29) is 0 Å². The van der Waals surface area contributed by atoms with Crippen molar-refractivity contribution in [2.75, 3.05) is 21.6 Å². The lowest BCUT2D eigenvalue weighted by Gasteiger charge is -2.28. The molecule has 0 spiro atoms. The van der Waals surface area contributed by atoms with Gasteiger partial charge in [-0.05, 0) is 37.5 Å². The standard InChI is InChI=1S/C17H24N4O3S3/c1-11(2)10-25-17-20-19-16(26-17)18-15(22)13(4)21(27(5,23)24)14-8-6-7-12(3)9-14/h6-9,11,13H,10H2,1-5H3,(H,18,19,22)/t13-/m0/s1. The van der Waals surface area contributed by atoms with Gasteiger partial charge in [-0.2, -0.15) is 0 Å². The largest absolute Gasteiger partial charge is 0.299 e. The molecule has 1 heterocycles. The quantitative estimate of drug-likeness (QED) is 0.512. The van der Waals surface area contributed by atoms with E-state index in [1.165, 1.54) is 11.3 Å². The maximum atomic E-state index is 12.6. The summed E-state index contributed by atoms with van der Waals surface area (Å²) in [4.78, 5) is 12.6. The van der Waals surface area contributed by atoms with Crippen molar-refractivity contribution < 1.29 is 13.2 Å².